The minimum Gasteiger partial charge on any atom is -0.497 e. The number of aromatic carboxylic acids is 1. The summed E-state index contributed by atoms with van der Waals surface area (Å²) >= 11 is 0. The predicted molar refractivity (Wildman–Crippen MR) is 69.2 cm³/mol. The second kappa shape index (κ2) is 4.70. The lowest BCUT2D eigenvalue weighted by molar-refractivity contribution is 0.0689. The first-order valence-corrected chi connectivity index (χ1v) is 5.59. The lowest BCUT2D eigenvalue weighted by atomic mass is 10.1. The number of aromatic nitrogens is 1. The van der Waals surface area contributed by atoms with Crippen molar-refractivity contribution in [1.29, 1.82) is 0 Å². The number of carbonyl (C=O) groups is 1. The van der Waals surface area contributed by atoms with Gasteiger partial charge in [-0.2, -0.15) is 0 Å². The van der Waals surface area contributed by atoms with Crippen LogP contribution in [0.15, 0.2) is 18.2 Å². The van der Waals surface area contributed by atoms with Gasteiger partial charge in [0.1, 0.15) is 11.4 Å². The van der Waals surface area contributed by atoms with Crippen molar-refractivity contribution in [2.45, 2.75) is 6.54 Å². The van der Waals surface area contributed by atoms with Gasteiger partial charge < -0.3 is 19.7 Å². The van der Waals surface area contributed by atoms with Crippen LogP contribution in [-0.2, 0) is 6.54 Å². The number of hydrogen-bond acceptors (Lipinski definition) is 3. The van der Waals surface area contributed by atoms with Gasteiger partial charge in [-0.25, -0.2) is 4.79 Å². The smallest absolute Gasteiger partial charge is 0.352 e. The fraction of sp³-hybridized carbons (Fsp3) is 0.308. The Morgan fingerprint density at radius 2 is 2.17 bits per heavy atom. The molecule has 2 aromatic rings. The molecule has 1 aromatic heterocycles. The average molecular weight is 248 g/mol. The van der Waals surface area contributed by atoms with Gasteiger partial charge in [0.05, 0.1) is 7.11 Å². The van der Waals surface area contributed by atoms with E-state index in [9.17, 15) is 9.90 Å². The summed E-state index contributed by atoms with van der Waals surface area (Å²) in [6.07, 6.45) is 0. The van der Waals surface area contributed by atoms with Gasteiger partial charge in [-0.05, 0) is 32.3 Å². The van der Waals surface area contributed by atoms with E-state index in [4.69, 9.17) is 4.74 Å². The molecular formula is C13H16N2O3. The number of aromatic amines is 1. The molecular weight excluding hydrogens is 232 g/mol. The Kier molecular flexibility index (Phi) is 3.25. The molecule has 0 atom stereocenters. The number of rotatable bonds is 4. The van der Waals surface area contributed by atoms with E-state index >= 15 is 0 Å². The van der Waals surface area contributed by atoms with Crippen LogP contribution in [0.1, 0.15) is 16.1 Å². The van der Waals surface area contributed by atoms with Crippen molar-refractivity contribution in [3.63, 3.8) is 0 Å². The molecule has 0 radical (unpaired) electrons. The molecule has 0 fully saturated rings. The summed E-state index contributed by atoms with van der Waals surface area (Å²) in [6.45, 7) is 0.564. The molecule has 0 saturated carbocycles. The first kappa shape index (κ1) is 12.4. The highest BCUT2D eigenvalue weighted by Gasteiger charge is 2.17. The van der Waals surface area contributed by atoms with Crippen molar-refractivity contribution in [3.05, 3.63) is 29.5 Å². The summed E-state index contributed by atoms with van der Waals surface area (Å²) in [6, 6.07) is 5.50. The van der Waals surface area contributed by atoms with E-state index in [1.165, 1.54) is 0 Å². The highest BCUT2D eigenvalue weighted by Crippen LogP contribution is 2.27. The molecule has 0 aliphatic carbocycles. The molecule has 0 aliphatic heterocycles. The quantitative estimate of drug-likeness (QED) is 0.867. The standard InChI is InChI=1S/C13H16N2O3/c1-15(2)7-10-9-6-8(18-3)4-5-11(9)14-12(10)13(16)17/h4-6,14H,7H2,1-3H3,(H,16,17). The molecule has 18 heavy (non-hydrogen) atoms. The Morgan fingerprint density at radius 3 is 2.72 bits per heavy atom. The fourth-order valence-corrected chi connectivity index (χ4v) is 2.02. The van der Waals surface area contributed by atoms with Crippen LogP contribution in [0.4, 0.5) is 0 Å². The summed E-state index contributed by atoms with van der Waals surface area (Å²) in [5.74, 6) is -0.222. The molecule has 5 heteroatoms. The van der Waals surface area contributed by atoms with Crippen molar-refractivity contribution in [1.82, 2.24) is 9.88 Å². The van der Waals surface area contributed by atoms with Crippen LogP contribution >= 0.6 is 0 Å². The first-order chi connectivity index (χ1) is 8.52. The maximum Gasteiger partial charge on any atom is 0.352 e. The number of hydrogen-bond donors (Lipinski definition) is 2. The van der Waals surface area contributed by atoms with Gasteiger partial charge in [-0.3, -0.25) is 0 Å². The first-order valence-electron chi connectivity index (χ1n) is 5.59. The lowest BCUT2D eigenvalue weighted by Crippen LogP contribution is -2.13. The molecule has 0 unspecified atom stereocenters. The third kappa shape index (κ3) is 2.17. The van der Waals surface area contributed by atoms with Crippen LogP contribution < -0.4 is 4.74 Å². The zero-order valence-corrected chi connectivity index (χ0v) is 10.7. The highest BCUT2D eigenvalue weighted by molar-refractivity contribution is 5.97. The van der Waals surface area contributed by atoms with E-state index < -0.39 is 5.97 Å². The number of fused-ring (bicyclic) bond motifs is 1. The second-order valence-electron chi connectivity index (χ2n) is 4.43. The van der Waals surface area contributed by atoms with Crippen molar-refractivity contribution in [2.75, 3.05) is 21.2 Å². The van der Waals surface area contributed by atoms with Gasteiger partial charge in [0.15, 0.2) is 0 Å². The van der Waals surface area contributed by atoms with Crippen molar-refractivity contribution in [2.24, 2.45) is 0 Å². The maximum absolute atomic E-state index is 11.2. The number of H-pyrrole nitrogens is 1. The number of methoxy groups -OCH3 is 1. The van der Waals surface area contributed by atoms with E-state index in [1.807, 2.05) is 37.2 Å². The van der Waals surface area contributed by atoms with Gasteiger partial charge in [0.2, 0.25) is 0 Å². The van der Waals surface area contributed by atoms with Crippen LogP contribution in [0.25, 0.3) is 10.9 Å². The normalized spacial score (nSPS) is 11.1. The zero-order valence-electron chi connectivity index (χ0n) is 10.7. The van der Waals surface area contributed by atoms with Crippen LogP contribution in [-0.4, -0.2) is 42.2 Å². The SMILES string of the molecule is COc1ccc2[nH]c(C(=O)O)c(CN(C)C)c2c1. The summed E-state index contributed by atoms with van der Waals surface area (Å²) in [4.78, 5) is 16.1. The number of nitrogens with one attached hydrogen (secondary N) is 1. The number of benzene rings is 1. The zero-order chi connectivity index (χ0) is 13.3. The number of carboxylic acids is 1. The minimum absolute atomic E-state index is 0.243. The molecule has 1 aromatic carbocycles. The molecule has 0 aliphatic rings. The summed E-state index contributed by atoms with van der Waals surface area (Å²) < 4.78 is 5.18. The lowest BCUT2D eigenvalue weighted by Gasteiger charge is -2.09. The molecule has 0 amide bonds. The number of nitrogens with zero attached hydrogens (tertiary/aromatic N) is 1. The van der Waals surface area contributed by atoms with Gasteiger partial charge >= 0.3 is 5.97 Å². The molecule has 0 saturated heterocycles. The van der Waals surface area contributed by atoms with E-state index in [0.717, 1.165) is 22.2 Å². The van der Waals surface area contributed by atoms with Gasteiger partial charge in [-0.1, -0.05) is 0 Å². The molecule has 2 rings (SSSR count). The highest BCUT2D eigenvalue weighted by atomic mass is 16.5. The van der Waals surface area contributed by atoms with Crippen molar-refractivity contribution in [3.8, 4) is 5.75 Å². The summed E-state index contributed by atoms with van der Waals surface area (Å²) in [7, 11) is 5.41. The van der Waals surface area contributed by atoms with Crippen LogP contribution in [0, 0.1) is 0 Å². The number of ether oxygens (including phenoxy) is 1. The van der Waals surface area contributed by atoms with Gasteiger partial charge in [-0.15, -0.1) is 0 Å². The Labute approximate surface area is 105 Å². The number of carboxylic acid groups (broad SMARTS) is 1. The topological polar surface area (TPSA) is 65.6 Å². The molecule has 0 spiro atoms. The molecule has 5 nitrogen and oxygen atoms in total. The van der Waals surface area contributed by atoms with E-state index in [0.29, 0.717) is 6.54 Å². The summed E-state index contributed by atoms with van der Waals surface area (Å²) in [5, 5.41) is 10.1. The van der Waals surface area contributed by atoms with Gasteiger partial charge in [0.25, 0.3) is 0 Å². The minimum atomic E-state index is -0.943. The largest absolute Gasteiger partial charge is 0.497 e. The Morgan fingerprint density at radius 1 is 1.44 bits per heavy atom. The molecule has 1 heterocycles. The van der Waals surface area contributed by atoms with Crippen molar-refractivity contribution >= 4 is 16.9 Å². The monoisotopic (exact) mass is 248 g/mol. The Balaban J connectivity index is 2.65. The molecule has 2 N–H and O–H groups in total. The summed E-state index contributed by atoms with van der Waals surface area (Å²) in [5.41, 5.74) is 1.83. The average Bonchev–Trinajstić information content (AvgIpc) is 2.67. The maximum atomic E-state index is 11.2. The van der Waals surface area contributed by atoms with Crippen LogP contribution in [0.3, 0.4) is 0 Å². The predicted octanol–water partition coefficient (Wildman–Crippen LogP) is 1.94. The van der Waals surface area contributed by atoms with Crippen LogP contribution in [0.2, 0.25) is 0 Å². The van der Waals surface area contributed by atoms with Crippen molar-refractivity contribution < 1.29 is 14.6 Å². The van der Waals surface area contributed by atoms with Crippen LogP contribution in [0.5, 0.6) is 5.75 Å². The Hall–Kier alpha value is -2.01. The second-order valence-corrected chi connectivity index (χ2v) is 4.43. The Bertz CT molecular complexity index is 587. The van der Waals surface area contributed by atoms with Gasteiger partial charge in [0, 0.05) is 23.0 Å². The van der Waals surface area contributed by atoms with E-state index in [-0.39, 0.29) is 5.69 Å². The molecule has 96 valence electrons. The third-order valence-electron chi connectivity index (χ3n) is 2.80. The fourth-order valence-electron chi connectivity index (χ4n) is 2.02. The molecule has 0 bridgehead atoms. The third-order valence-corrected chi connectivity index (χ3v) is 2.80. The van der Waals surface area contributed by atoms with E-state index in [1.54, 1.807) is 7.11 Å². The van der Waals surface area contributed by atoms with E-state index in [2.05, 4.69) is 4.98 Å².